The minimum Gasteiger partial charge on any atom is -0.480 e. The summed E-state index contributed by atoms with van der Waals surface area (Å²) in [4.78, 5) is 21.9. The first-order valence-electron chi connectivity index (χ1n) is 4.94. The number of carbonyl (C=O) groups is 2. The highest BCUT2D eigenvalue weighted by Crippen LogP contribution is 2.30. The van der Waals surface area contributed by atoms with Gasteiger partial charge in [-0.3, -0.25) is 4.79 Å². The van der Waals surface area contributed by atoms with Crippen LogP contribution in [0.2, 0.25) is 0 Å². The first-order valence-corrected chi connectivity index (χ1v) is 6.43. The summed E-state index contributed by atoms with van der Waals surface area (Å²) >= 11 is 0. The monoisotopic (exact) mass is 266 g/mol. The van der Waals surface area contributed by atoms with Crippen molar-refractivity contribution in [2.75, 3.05) is 7.11 Å². The molecular weight excluding hydrogens is 252 g/mol. The maximum Gasteiger partial charge on any atom is 0.421 e. The van der Waals surface area contributed by atoms with Crippen molar-refractivity contribution in [3.05, 3.63) is 0 Å². The summed E-state index contributed by atoms with van der Waals surface area (Å²) in [6.07, 6.45) is 0.464. The molecule has 0 aromatic rings. The molecule has 0 aromatic carbocycles. The van der Waals surface area contributed by atoms with Crippen molar-refractivity contribution in [2.45, 2.75) is 31.2 Å². The van der Waals surface area contributed by atoms with E-state index in [9.17, 15) is 18.0 Å². The second kappa shape index (κ2) is 4.88. The number of amides is 1. The van der Waals surface area contributed by atoms with Gasteiger partial charge in [0.25, 0.3) is 0 Å². The van der Waals surface area contributed by atoms with Crippen molar-refractivity contribution in [1.82, 2.24) is 9.44 Å². The van der Waals surface area contributed by atoms with Gasteiger partial charge in [-0.05, 0) is 12.8 Å². The van der Waals surface area contributed by atoms with Crippen LogP contribution in [0.3, 0.4) is 0 Å². The summed E-state index contributed by atoms with van der Waals surface area (Å²) in [6.45, 7) is 0. The fraction of sp³-hybridized carbons (Fsp3) is 0.750. The largest absolute Gasteiger partial charge is 0.480 e. The highest BCUT2D eigenvalue weighted by Gasteiger charge is 2.44. The van der Waals surface area contributed by atoms with E-state index in [1.165, 1.54) is 0 Å². The molecule has 0 spiro atoms. The van der Waals surface area contributed by atoms with Gasteiger partial charge in [0.15, 0.2) is 0 Å². The van der Waals surface area contributed by atoms with Crippen molar-refractivity contribution < 1.29 is 27.9 Å². The lowest BCUT2D eigenvalue weighted by Gasteiger charge is -2.24. The smallest absolute Gasteiger partial charge is 0.421 e. The van der Waals surface area contributed by atoms with E-state index in [1.807, 2.05) is 4.72 Å². The van der Waals surface area contributed by atoms with E-state index in [0.29, 0.717) is 12.8 Å². The Morgan fingerprint density at radius 3 is 2.24 bits per heavy atom. The lowest BCUT2D eigenvalue weighted by molar-refractivity contribution is -0.143. The molecule has 17 heavy (non-hydrogen) atoms. The summed E-state index contributed by atoms with van der Waals surface area (Å²) in [5, 5.41) is 9.05. The molecule has 0 radical (unpaired) electrons. The van der Waals surface area contributed by atoms with Crippen molar-refractivity contribution in [3.8, 4) is 0 Å². The molecule has 0 bridgehead atoms. The van der Waals surface area contributed by atoms with Crippen LogP contribution in [0.1, 0.15) is 25.7 Å². The zero-order chi connectivity index (χ0) is 13.1. The normalized spacial score (nSPS) is 18.6. The number of carboxylic acids is 1. The van der Waals surface area contributed by atoms with E-state index in [0.717, 1.165) is 7.11 Å². The first kappa shape index (κ1) is 13.7. The zero-order valence-corrected chi connectivity index (χ0v) is 10.0. The Labute approximate surface area is 98.5 Å². The number of ether oxygens (including phenoxy) is 1. The van der Waals surface area contributed by atoms with Gasteiger partial charge in [0, 0.05) is 0 Å². The topological polar surface area (TPSA) is 122 Å². The molecule has 0 saturated heterocycles. The fourth-order valence-corrected chi connectivity index (χ4v) is 2.93. The molecule has 0 atom stereocenters. The van der Waals surface area contributed by atoms with Gasteiger partial charge in [0.1, 0.15) is 5.54 Å². The summed E-state index contributed by atoms with van der Waals surface area (Å²) < 4.78 is 30.6. The van der Waals surface area contributed by atoms with Crippen LogP contribution >= 0.6 is 0 Å². The molecule has 1 rings (SSSR count). The van der Waals surface area contributed by atoms with E-state index >= 15 is 0 Å². The van der Waals surface area contributed by atoms with Gasteiger partial charge in [-0.1, -0.05) is 12.8 Å². The molecule has 0 aliphatic heterocycles. The highest BCUT2D eigenvalue weighted by molar-refractivity contribution is 7.88. The molecule has 8 nitrogen and oxygen atoms in total. The zero-order valence-electron chi connectivity index (χ0n) is 9.23. The maximum atomic E-state index is 11.5. The van der Waals surface area contributed by atoms with Gasteiger partial charge in [0.05, 0.1) is 7.11 Å². The minimum absolute atomic E-state index is 0.199. The van der Waals surface area contributed by atoms with Gasteiger partial charge < -0.3 is 9.84 Å². The summed E-state index contributed by atoms with van der Waals surface area (Å²) in [7, 11) is -3.23. The van der Waals surface area contributed by atoms with Crippen LogP contribution in [0.25, 0.3) is 0 Å². The molecule has 0 unspecified atom stereocenters. The van der Waals surface area contributed by atoms with Crippen molar-refractivity contribution >= 4 is 22.3 Å². The van der Waals surface area contributed by atoms with Gasteiger partial charge in [-0.2, -0.15) is 13.1 Å². The molecule has 0 heterocycles. The van der Waals surface area contributed by atoms with Gasteiger partial charge in [-0.15, -0.1) is 0 Å². The summed E-state index contributed by atoms with van der Waals surface area (Å²) in [6, 6.07) is 0. The molecule has 0 aromatic heterocycles. The summed E-state index contributed by atoms with van der Waals surface area (Å²) in [5.41, 5.74) is -1.53. The Morgan fingerprint density at radius 2 is 1.82 bits per heavy atom. The molecule has 98 valence electrons. The number of carbonyl (C=O) groups excluding carboxylic acids is 1. The molecule has 1 fully saturated rings. The quantitative estimate of drug-likeness (QED) is 0.635. The van der Waals surface area contributed by atoms with E-state index in [2.05, 4.69) is 4.74 Å². The first-order chi connectivity index (χ1) is 7.81. The van der Waals surface area contributed by atoms with Crippen LogP contribution < -0.4 is 9.44 Å². The molecule has 3 N–H and O–H groups in total. The Balaban J connectivity index is 2.81. The van der Waals surface area contributed by atoms with Crippen molar-refractivity contribution in [2.24, 2.45) is 0 Å². The molecule has 1 aliphatic rings. The van der Waals surface area contributed by atoms with Crippen LogP contribution in [-0.4, -0.2) is 38.2 Å². The minimum atomic E-state index is -4.24. The van der Waals surface area contributed by atoms with E-state index in [1.54, 1.807) is 4.72 Å². The number of aliphatic carboxylic acids is 1. The standard InChI is InChI=1S/C8H14N2O6S/c1-16-7(13)9-17(14,15)10-8(6(11)12)4-2-3-5-8/h10H,2-5H2,1H3,(H,9,13)(H,11,12). The lowest BCUT2D eigenvalue weighted by Crippen LogP contribution is -2.56. The SMILES string of the molecule is COC(=O)NS(=O)(=O)NC1(C(=O)O)CCCC1. The van der Waals surface area contributed by atoms with Crippen LogP contribution in [0.15, 0.2) is 0 Å². The van der Waals surface area contributed by atoms with Crippen molar-refractivity contribution in [1.29, 1.82) is 0 Å². The number of rotatable bonds is 4. The van der Waals surface area contributed by atoms with Gasteiger partial charge in [-0.25, -0.2) is 9.52 Å². The van der Waals surface area contributed by atoms with Crippen LogP contribution in [0.4, 0.5) is 4.79 Å². The number of carboxylic acid groups (broad SMARTS) is 1. The number of nitrogens with one attached hydrogen (secondary N) is 2. The molecule has 9 heteroatoms. The Bertz CT molecular complexity index is 412. The third kappa shape index (κ3) is 3.30. The predicted octanol–water partition coefficient (Wildman–Crippen LogP) is -0.426. The predicted molar refractivity (Wildman–Crippen MR) is 56.4 cm³/mol. The van der Waals surface area contributed by atoms with Crippen LogP contribution in [0.5, 0.6) is 0 Å². The number of hydrogen-bond donors (Lipinski definition) is 3. The van der Waals surface area contributed by atoms with E-state index in [-0.39, 0.29) is 12.8 Å². The van der Waals surface area contributed by atoms with Gasteiger partial charge >= 0.3 is 22.3 Å². The summed E-state index contributed by atoms with van der Waals surface area (Å²) in [5.74, 6) is -1.25. The van der Waals surface area contributed by atoms with E-state index < -0.39 is 27.8 Å². The Kier molecular flexibility index (Phi) is 3.94. The molecular formula is C8H14N2O6S. The van der Waals surface area contributed by atoms with Gasteiger partial charge in [0.2, 0.25) is 0 Å². The maximum absolute atomic E-state index is 11.5. The van der Waals surface area contributed by atoms with Crippen molar-refractivity contribution in [3.63, 3.8) is 0 Å². The molecule has 1 amide bonds. The second-order valence-electron chi connectivity index (χ2n) is 3.79. The highest BCUT2D eigenvalue weighted by atomic mass is 32.2. The number of methoxy groups -OCH3 is 1. The average Bonchev–Trinajstić information content (AvgIpc) is 2.65. The third-order valence-electron chi connectivity index (χ3n) is 2.60. The fourth-order valence-electron chi connectivity index (χ4n) is 1.77. The lowest BCUT2D eigenvalue weighted by atomic mass is 10.0. The van der Waals surface area contributed by atoms with Crippen LogP contribution in [0, 0.1) is 0 Å². The van der Waals surface area contributed by atoms with Crippen LogP contribution in [-0.2, 0) is 19.7 Å². The Hall–Kier alpha value is -1.35. The number of hydrogen-bond acceptors (Lipinski definition) is 5. The Morgan fingerprint density at radius 1 is 1.29 bits per heavy atom. The molecule has 1 aliphatic carbocycles. The molecule has 1 saturated carbocycles. The average molecular weight is 266 g/mol. The second-order valence-corrected chi connectivity index (χ2v) is 5.21. The third-order valence-corrected chi connectivity index (χ3v) is 3.69. The van der Waals surface area contributed by atoms with E-state index in [4.69, 9.17) is 5.11 Å².